The van der Waals surface area contributed by atoms with E-state index < -0.39 is 98.9 Å². The van der Waals surface area contributed by atoms with Crippen LogP contribution in [-0.2, 0) is 19.1 Å². The van der Waals surface area contributed by atoms with Crippen molar-refractivity contribution < 1.29 is 70.2 Å². The zero-order valence-electron chi connectivity index (χ0n) is 25.4. The van der Waals surface area contributed by atoms with Crippen LogP contribution in [0.25, 0.3) is 0 Å². The van der Waals surface area contributed by atoms with E-state index in [1.807, 2.05) is 20.8 Å². The number of amides is 3. The number of aliphatic hydroxyl groups excluding tert-OH is 10. The van der Waals surface area contributed by atoms with E-state index >= 15 is 0 Å². The third-order valence-corrected chi connectivity index (χ3v) is 6.33. The summed E-state index contributed by atoms with van der Waals surface area (Å²) in [6.45, 7) is 3.85. The molecule has 0 aromatic carbocycles. The van der Waals surface area contributed by atoms with Gasteiger partial charge in [0.25, 0.3) is 0 Å². The van der Waals surface area contributed by atoms with Gasteiger partial charge in [0, 0.05) is 38.0 Å². The number of hydrogen-bond donors (Lipinski definition) is 14. The molecule has 1 unspecified atom stereocenters. The van der Waals surface area contributed by atoms with Crippen molar-refractivity contribution in [2.24, 2.45) is 0 Å². The van der Waals surface area contributed by atoms with E-state index in [0.717, 1.165) is 0 Å². The Morgan fingerprint density at radius 2 is 1.14 bits per heavy atom. The maximum absolute atomic E-state index is 12.8. The van der Waals surface area contributed by atoms with Gasteiger partial charge in [-0.15, -0.1) is 0 Å². The van der Waals surface area contributed by atoms with Crippen molar-refractivity contribution >= 4 is 17.7 Å². The van der Waals surface area contributed by atoms with Gasteiger partial charge in [-0.25, -0.2) is 0 Å². The Morgan fingerprint density at radius 1 is 0.659 bits per heavy atom. The van der Waals surface area contributed by atoms with Crippen LogP contribution >= 0.6 is 0 Å². The van der Waals surface area contributed by atoms with Crippen molar-refractivity contribution in [2.75, 3.05) is 46.1 Å². The molecule has 0 fully saturated rings. The first-order valence-corrected chi connectivity index (χ1v) is 14.3. The summed E-state index contributed by atoms with van der Waals surface area (Å²) < 4.78 is 5.41. The zero-order chi connectivity index (χ0) is 34.0. The molecular weight excluding hydrogens is 592 g/mol. The summed E-state index contributed by atoms with van der Waals surface area (Å²) in [6.07, 6.45) is -15.5. The molecule has 0 heterocycles. The van der Waals surface area contributed by atoms with Crippen LogP contribution in [0, 0.1) is 0 Å². The molecule has 0 saturated heterocycles. The average molecular weight is 645 g/mol. The van der Waals surface area contributed by atoms with E-state index in [1.54, 1.807) is 0 Å². The molecule has 3 amide bonds. The molecule has 0 spiro atoms. The van der Waals surface area contributed by atoms with Crippen molar-refractivity contribution in [3.8, 4) is 0 Å². The molecule has 0 aliphatic carbocycles. The van der Waals surface area contributed by atoms with Crippen molar-refractivity contribution in [1.29, 1.82) is 0 Å². The highest BCUT2D eigenvalue weighted by Gasteiger charge is 2.32. The minimum absolute atomic E-state index is 0.0273. The molecule has 0 bridgehead atoms. The highest BCUT2D eigenvalue weighted by Crippen LogP contribution is 2.07. The van der Waals surface area contributed by atoms with E-state index in [2.05, 4.69) is 21.3 Å². The van der Waals surface area contributed by atoms with E-state index in [0.29, 0.717) is 13.2 Å². The predicted molar refractivity (Wildman–Crippen MR) is 153 cm³/mol. The smallest absolute Gasteiger partial charge is 0.242 e. The van der Waals surface area contributed by atoms with Gasteiger partial charge in [-0.05, 0) is 27.2 Å². The summed E-state index contributed by atoms with van der Waals surface area (Å²) in [7, 11) is 0. The largest absolute Gasteiger partial charge is 0.394 e. The normalized spacial score (nSPS) is 18.2. The molecule has 18 heteroatoms. The summed E-state index contributed by atoms with van der Waals surface area (Å²) in [4.78, 5) is 37.6. The Morgan fingerprint density at radius 3 is 1.61 bits per heavy atom. The van der Waals surface area contributed by atoms with Crippen LogP contribution < -0.4 is 21.3 Å². The second-order valence-electron chi connectivity index (χ2n) is 11.3. The lowest BCUT2D eigenvalue weighted by atomic mass is 10.0. The minimum atomic E-state index is -1.94. The topological polar surface area (TPSA) is 311 Å². The molecule has 0 radical (unpaired) electrons. The van der Waals surface area contributed by atoms with E-state index in [9.17, 15) is 55.2 Å². The van der Waals surface area contributed by atoms with Crippen LogP contribution in [0.1, 0.15) is 40.0 Å². The highest BCUT2D eigenvalue weighted by atomic mass is 16.5. The van der Waals surface area contributed by atoms with Gasteiger partial charge in [-0.1, -0.05) is 0 Å². The Labute approximate surface area is 256 Å². The van der Waals surface area contributed by atoms with Crippen LogP contribution in [0.15, 0.2) is 0 Å². The monoisotopic (exact) mass is 644 g/mol. The third kappa shape index (κ3) is 17.4. The Bertz CT molecular complexity index is 833. The van der Waals surface area contributed by atoms with Gasteiger partial charge in [0.15, 0.2) is 0 Å². The summed E-state index contributed by atoms with van der Waals surface area (Å²) >= 11 is 0. The molecule has 0 aromatic heterocycles. The zero-order valence-corrected chi connectivity index (χ0v) is 25.4. The van der Waals surface area contributed by atoms with Crippen LogP contribution in [0.4, 0.5) is 0 Å². The molecule has 0 aromatic rings. The molecule has 0 aliphatic heterocycles. The number of carbonyl (C=O) groups is 3. The second kappa shape index (κ2) is 21.6. The van der Waals surface area contributed by atoms with E-state index in [4.69, 9.17) is 14.9 Å². The first kappa shape index (κ1) is 41.9. The van der Waals surface area contributed by atoms with Crippen molar-refractivity contribution in [3.05, 3.63) is 0 Å². The lowest BCUT2D eigenvalue weighted by Gasteiger charge is -2.26. The molecule has 44 heavy (non-hydrogen) atoms. The maximum atomic E-state index is 12.8. The van der Waals surface area contributed by atoms with Gasteiger partial charge in [-0.3, -0.25) is 14.4 Å². The Balaban J connectivity index is 5.11. The van der Waals surface area contributed by atoms with E-state index in [1.165, 1.54) is 0 Å². The van der Waals surface area contributed by atoms with Crippen molar-refractivity contribution in [2.45, 2.75) is 100 Å². The van der Waals surface area contributed by atoms with Crippen molar-refractivity contribution in [3.63, 3.8) is 0 Å². The maximum Gasteiger partial charge on any atom is 0.242 e. The predicted octanol–water partition coefficient (Wildman–Crippen LogP) is -6.85. The highest BCUT2D eigenvalue weighted by molar-refractivity contribution is 5.88. The number of ether oxygens (including phenoxy) is 1. The quantitative estimate of drug-likeness (QED) is 0.0460. The first-order chi connectivity index (χ1) is 20.4. The van der Waals surface area contributed by atoms with Gasteiger partial charge in [0.2, 0.25) is 17.7 Å². The summed E-state index contributed by atoms with van der Waals surface area (Å²) in [6, 6.07) is -1.33. The van der Waals surface area contributed by atoms with Crippen molar-refractivity contribution in [1.82, 2.24) is 21.3 Å². The SMILES string of the molecule is CC(C)(C)NCCOCCC(=O)NC(CCC(=O)NC[C@H](O)[C@@H](O)[C@H](O)[C@H](O)CO)C(=O)NC[C@H](O)[C@@H](O)[C@H](O)[C@H](O)CO. The molecule has 0 rings (SSSR count). The molecule has 18 nitrogen and oxygen atoms in total. The first-order valence-electron chi connectivity index (χ1n) is 14.3. The van der Waals surface area contributed by atoms with Gasteiger partial charge in [-0.2, -0.15) is 0 Å². The van der Waals surface area contributed by atoms with Gasteiger partial charge < -0.3 is 77.1 Å². The molecular formula is C26H52N4O14. The van der Waals surface area contributed by atoms with Crippen LogP contribution in [0.3, 0.4) is 0 Å². The lowest BCUT2D eigenvalue weighted by molar-refractivity contribution is -0.132. The fourth-order valence-electron chi connectivity index (χ4n) is 3.58. The van der Waals surface area contributed by atoms with Crippen LogP contribution in [-0.4, -0.2) is 175 Å². The summed E-state index contributed by atoms with van der Waals surface area (Å²) in [5.41, 5.74) is -0.116. The van der Waals surface area contributed by atoms with Gasteiger partial charge >= 0.3 is 0 Å². The number of nitrogens with one attached hydrogen (secondary N) is 4. The number of aliphatic hydroxyl groups is 10. The molecule has 0 saturated carbocycles. The number of carbonyl (C=O) groups excluding carboxylic acids is 3. The molecule has 14 N–H and O–H groups in total. The van der Waals surface area contributed by atoms with Crippen LogP contribution in [0.5, 0.6) is 0 Å². The third-order valence-electron chi connectivity index (χ3n) is 6.33. The van der Waals surface area contributed by atoms with Crippen LogP contribution in [0.2, 0.25) is 0 Å². The molecule has 9 atom stereocenters. The minimum Gasteiger partial charge on any atom is -0.394 e. The average Bonchev–Trinajstić information content (AvgIpc) is 2.98. The Kier molecular flexibility index (Phi) is 20.6. The fraction of sp³-hybridized carbons (Fsp3) is 0.885. The summed E-state index contributed by atoms with van der Waals surface area (Å²) in [5, 5.41) is 106. The number of hydrogen-bond acceptors (Lipinski definition) is 15. The Hall–Kier alpha value is -2.07. The molecule has 260 valence electrons. The second-order valence-corrected chi connectivity index (χ2v) is 11.3. The molecule has 0 aliphatic rings. The fourth-order valence-corrected chi connectivity index (χ4v) is 3.58. The van der Waals surface area contributed by atoms with E-state index in [-0.39, 0.29) is 31.4 Å². The van der Waals surface area contributed by atoms with Gasteiger partial charge in [0.05, 0.1) is 38.6 Å². The summed E-state index contributed by atoms with van der Waals surface area (Å²) in [5.74, 6) is -2.21. The van der Waals surface area contributed by atoms with Gasteiger partial charge in [0.1, 0.15) is 42.7 Å². The number of rotatable bonds is 23. The lowest BCUT2D eigenvalue weighted by Crippen LogP contribution is -2.53. The standard InChI is InChI=1S/C26H52N4O14/c1-26(2,3)29-7-9-44-8-6-20(38)30-14(25(43)28-11-16(34)22(40)24(42)18(36)13-32)4-5-19(37)27-10-15(33)21(39)23(41)17(35)12-31/h14-18,21-24,29,31-36,39-42H,4-13H2,1-3H3,(H,27,37)(H,28,43)(H,30,38)/t14?,15-,16-,17+,18+,21+,22+,23+,24+/m0/s1.